The summed E-state index contributed by atoms with van der Waals surface area (Å²) in [4.78, 5) is 17.2. The molecule has 3 aromatic rings. The van der Waals surface area contributed by atoms with Gasteiger partial charge < -0.3 is 9.64 Å². The van der Waals surface area contributed by atoms with Crippen LogP contribution in [0.25, 0.3) is 5.69 Å². The van der Waals surface area contributed by atoms with Crippen molar-refractivity contribution in [1.82, 2.24) is 19.6 Å². The molecule has 0 atom stereocenters. The van der Waals surface area contributed by atoms with Gasteiger partial charge in [0.25, 0.3) is 5.91 Å². The van der Waals surface area contributed by atoms with Crippen molar-refractivity contribution in [3.63, 3.8) is 0 Å². The zero-order valence-corrected chi connectivity index (χ0v) is 17.2. The summed E-state index contributed by atoms with van der Waals surface area (Å²) in [5, 5.41) is 4.26. The van der Waals surface area contributed by atoms with Crippen LogP contribution in [0.5, 0.6) is 5.75 Å². The summed E-state index contributed by atoms with van der Waals surface area (Å²) >= 11 is 0. The van der Waals surface area contributed by atoms with E-state index in [2.05, 4.69) is 22.1 Å². The summed E-state index contributed by atoms with van der Waals surface area (Å²) < 4.78 is 20.8. The van der Waals surface area contributed by atoms with Gasteiger partial charge in [0.2, 0.25) is 0 Å². The topological polar surface area (TPSA) is 50.6 Å². The van der Waals surface area contributed by atoms with Crippen molar-refractivity contribution in [3.8, 4) is 11.4 Å². The lowest BCUT2D eigenvalue weighted by Crippen LogP contribution is -2.48. The van der Waals surface area contributed by atoms with E-state index in [1.807, 2.05) is 17.0 Å². The molecular formula is C23H25FN4O2. The molecule has 1 amide bonds. The number of hydrogen-bond donors (Lipinski definition) is 0. The highest BCUT2D eigenvalue weighted by molar-refractivity contribution is 5.95. The number of piperazine rings is 1. The van der Waals surface area contributed by atoms with Gasteiger partial charge in [0.15, 0.2) is 0 Å². The number of carbonyl (C=O) groups excluding carboxylic acids is 1. The Kier molecular flexibility index (Phi) is 5.81. The van der Waals surface area contributed by atoms with Crippen LogP contribution < -0.4 is 4.74 Å². The van der Waals surface area contributed by atoms with Gasteiger partial charge >= 0.3 is 0 Å². The first-order valence-corrected chi connectivity index (χ1v) is 10.0. The van der Waals surface area contributed by atoms with Gasteiger partial charge in [-0.2, -0.15) is 5.10 Å². The smallest absolute Gasteiger partial charge is 0.257 e. The van der Waals surface area contributed by atoms with Gasteiger partial charge in [-0.15, -0.1) is 0 Å². The molecule has 6 nitrogen and oxygen atoms in total. The third-order valence-electron chi connectivity index (χ3n) is 5.55. The number of benzene rings is 2. The molecule has 0 unspecified atom stereocenters. The first kappa shape index (κ1) is 20.1. The first-order valence-electron chi connectivity index (χ1n) is 10.0. The summed E-state index contributed by atoms with van der Waals surface area (Å²) in [7, 11) is 1.66. The Bertz CT molecular complexity index is 1020. The van der Waals surface area contributed by atoms with Gasteiger partial charge in [0, 0.05) is 32.7 Å². The Morgan fingerprint density at radius 3 is 2.43 bits per heavy atom. The standard InChI is InChI=1S/C23H25FN4O2/c1-17-20(15-25-28(17)22-6-4-3-5-21(22)24)23(29)27-13-11-26(12-14-27)16-18-7-9-19(30-2)10-8-18/h3-10,15H,11-14,16H2,1-2H3. The minimum absolute atomic E-state index is 0.0563. The highest BCUT2D eigenvalue weighted by Crippen LogP contribution is 2.20. The van der Waals surface area contributed by atoms with E-state index in [4.69, 9.17) is 4.74 Å². The second-order valence-corrected chi connectivity index (χ2v) is 7.42. The zero-order chi connectivity index (χ0) is 21.1. The SMILES string of the molecule is COc1ccc(CN2CCN(C(=O)c3cnn(-c4ccccc4F)c3C)CC2)cc1. The van der Waals surface area contributed by atoms with Gasteiger partial charge in [-0.3, -0.25) is 9.69 Å². The number of amides is 1. The molecule has 0 N–H and O–H groups in total. The maximum atomic E-state index is 14.1. The van der Waals surface area contributed by atoms with E-state index in [0.29, 0.717) is 30.0 Å². The fourth-order valence-corrected chi connectivity index (χ4v) is 3.75. The summed E-state index contributed by atoms with van der Waals surface area (Å²) in [5.41, 5.74) is 2.73. The van der Waals surface area contributed by atoms with Crippen LogP contribution in [0.1, 0.15) is 21.6 Å². The number of methoxy groups -OCH3 is 1. The Morgan fingerprint density at radius 1 is 1.07 bits per heavy atom. The molecule has 1 aromatic heterocycles. The molecular weight excluding hydrogens is 383 g/mol. The molecule has 0 saturated carbocycles. The molecule has 7 heteroatoms. The molecule has 30 heavy (non-hydrogen) atoms. The van der Waals surface area contributed by atoms with E-state index in [-0.39, 0.29) is 11.7 Å². The molecule has 156 valence electrons. The largest absolute Gasteiger partial charge is 0.497 e. The van der Waals surface area contributed by atoms with E-state index in [9.17, 15) is 9.18 Å². The van der Waals surface area contributed by atoms with E-state index in [1.54, 1.807) is 32.2 Å². The van der Waals surface area contributed by atoms with Crippen molar-refractivity contribution in [2.75, 3.05) is 33.3 Å². The number of nitrogens with zero attached hydrogens (tertiary/aromatic N) is 4. The highest BCUT2D eigenvalue weighted by atomic mass is 19.1. The zero-order valence-electron chi connectivity index (χ0n) is 17.2. The number of carbonyl (C=O) groups is 1. The van der Waals surface area contributed by atoms with Gasteiger partial charge in [-0.1, -0.05) is 24.3 Å². The minimum Gasteiger partial charge on any atom is -0.497 e. The summed E-state index contributed by atoms with van der Waals surface area (Å²) in [6.45, 7) is 5.55. The predicted octanol–water partition coefficient (Wildman–Crippen LogP) is 3.29. The van der Waals surface area contributed by atoms with E-state index < -0.39 is 0 Å². The van der Waals surface area contributed by atoms with Crippen LogP contribution in [0, 0.1) is 12.7 Å². The van der Waals surface area contributed by atoms with Crippen LogP contribution >= 0.6 is 0 Å². The average molecular weight is 408 g/mol. The van der Waals surface area contributed by atoms with Gasteiger partial charge in [-0.05, 0) is 36.8 Å². The third-order valence-corrected chi connectivity index (χ3v) is 5.55. The second kappa shape index (κ2) is 8.67. The number of rotatable bonds is 5. The van der Waals surface area contributed by atoms with E-state index in [1.165, 1.54) is 22.5 Å². The molecule has 0 radical (unpaired) electrons. The summed E-state index contributed by atoms with van der Waals surface area (Å²) in [6, 6.07) is 14.5. The van der Waals surface area contributed by atoms with Crippen molar-refractivity contribution in [2.45, 2.75) is 13.5 Å². The van der Waals surface area contributed by atoms with Crippen LogP contribution in [-0.2, 0) is 6.54 Å². The molecule has 1 aliphatic rings. The van der Waals surface area contributed by atoms with E-state index in [0.717, 1.165) is 25.4 Å². The van der Waals surface area contributed by atoms with Crippen molar-refractivity contribution >= 4 is 5.91 Å². The number of ether oxygens (including phenoxy) is 1. The molecule has 4 rings (SSSR count). The maximum absolute atomic E-state index is 14.1. The van der Waals surface area contributed by atoms with Crippen LogP contribution in [0.2, 0.25) is 0 Å². The van der Waals surface area contributed by atoms with Crippen molar-refractivity contribution in [2.24, 2.45) is 0 Å². The fraction of sp³-hybridized carbons (Fsp3) is 0.304. The monoisotopic (exact) mass is 408 g/mol. The quantitative estimate of drug-likeness (QED) is 0.650. The molecule has 0 spiro atoms. The average Bonchev–Trinajstić information content (AvgIpc) is 3.16. The molecule has 1 aliphatic heterocycles. The van der Waals surface area contributed by atoms with Crippen LogP contribution in [0.3, 0.4) is 0 Å². The maximum Gasteiger partial charge on any atom is 0.257 e. The van der Waals surface area contributed by atoms with Crippen molar-refractivity contribution < 1.29 is 13.9 Å². The Balaban J connectivity index is 1.39. The number of halogens is 1. The fourth-order valence-electron chi connectivity index (χ4n) is 3.75. The summed E-state index contributed by atoms with van der Waals surface area (Å²) in [6.07, 6.45) is 1.54. The Hall–Kier alpha value is -3.19. The predicted molar refractivity (Wildman–Crippen MR) is 112 cm³/mol. The highest BCUT2D eigenvalue weighted by Gasteiger charge is 2.25. The first-order chi connectivity index (χ1) is 14.6. The lowest BCUT2D eigenvalue weighted by Gasteiger charge is -2.34. The van der Waals surface area contributed by atoms with E-state index >= 15 is 0 Å². The van der Waals surface area contributed by atoms with Crippen molar-refractivity contribution in [3.05, 3.63) is 77.4 Å². The second-order valence-electron chi connectivity index (χ2n) is 7.42. The third kappa shape index (κ3) is 4.07. The normalized spacial score (nSPS) is 14.7. The minimum atomic E-state index is -0.366. The van der Waals surface area contributed by atoms with Gasteiger partial charge in [0.1, 0.15) is 17.3 Å². The molecule has 0 aliphatic carbocycles. The van der Waals surface area contributed by atoms with Crippen LogP contribution in [0.15, 0.2) is 54.7 Å². The molecule has 2 heterocycles. The van der Waals surface area contributed by atoms with Gasteiger partial charge in [-0.25, -0.2) is 9.07 Å². The number of para-hydroxylation sites is 1. The molecule has 0 bridgehead atoms. The molecule has 1 saturated heterocycles. The summed E-state index contributed by atoms with van der Waals surface area (Å²) in [5.74, 6) is 0.425. The lowest BCUT2D eigenvalue weighted by molar-refractivity contribution is 0.0627. The molecule has 1 fully saturated rings. The van der Waals surface area contributed by atoms with Crippen LogP contribution in [-0.4, -0.2) is 58.8 Å². The van der Waals surface area contributed by atoms with Gasteiger partial charge in [0.05, 0.1) is 24.6 Å². The van der Waals surface area contributed by atoms with Crippen molar-refractivity contribution in [1.29, 1.82) is 0 Å². The Morgan fingerprint density at radius 2 is 1.77 bits per heavy atom. The Labute approximate surface area is 175 Å². The van der Waals surface area contributed by atoms with Crippen LogP contribution in [0.4, 0.5) is 4.39 Å². The molecule has 2 aromatic carbocycles. The number of hydrogen-bond acceptors (Lipinski definition) is 4. The number of aromatic nitrogens is 2. The lowest BCUT2D eigenvalue weighted by atomic mass is 10.1.